The van der Waals surface area contributed by atoms with Crippen molar-refractivity contribution in [1.29, 1.82) is 0 Å². The van der Waals surface area contributed by atoms with Gasteiger partial charge in [-0.25, -0.2) is 4.39 Å². The van der Waals surface area contributed by atoms with Crippen LogP contribution in [0.3, 0.4) is 0 Å². The van der Waals surface area contributed by atoms with Crippen molar-refractivity contribution in [2.75, 3.05) is 0 Å². The van der Waals surface area contributed by atoms with Gasteiger partial charge in [0.25, 0.3) is 0 Å². The molecule has 0 saturated carbocycles. The molecular formula is C14H18BrFO2. The lowest BCUT2D eigenvalue weighted by atomic mass is 9.97. The van der Waals surface area contributed by atoms with Crippen molar-refractivity contribution >= 4 is 15.9 Å². The Kier molecular flexibility index (Phi) is 3.45. The van der Waals surface area contributed by atoms with Crippen molar-refractivity contribution in [3.8, 4) is 5.75 Å². The van der Waals surface area contributed by atoms with Crippen molar-refractivity contribution in [3.63, 3.8) is 0 Å². The summed E-state index contributed by atoms with van der Waals surface area (Å²) in [6.07, 6.45) is 0.586. The average Bonchev–Trinajstić information content (AvgIpc) is 2.40. The highest BCUT2D eigenvalue weighted by Crippen LogP contribution is 2.40. The van der Waals surface area contributed by atoms with Gasteiger partial charge in [-0.3, -0.25) is 0 Å². The molecule has 2 nitrogen and oxygen atoms in total. The Morgan fingerprint density at radius 2 is 2.00 bits per heavy atom. The standard InChI is InChI=1S/C14H18BrFO2/c1-13(2)8-12(14(3,4)18-13)17-11-7-9(15)5-6-10(11)16/h5-7,12H,8H2,1-4H3. The zero-order chi connectivity index (χ0) is 13.6. The zero-order valence-electron chi connectivity index (χ0n) is 11.1. The van der Waals surface area contributed by atoms with Gasteiger partial charge in [-0.1, -0.05) is 15.9 Å². The molecule has 0 spiro atoms. The minimum Gasteiger partial charge on any atom is -0.484 e. The molecule has 4 heteroatoms. The summed E-state index contributed by atoms with van der Waals surface area (Å²) in [5, 5.41) is 0. The lowest BCUT2D eigenvalue weighted by Crippen LogP contribution is -2.36. The summed E-state index contributed by atoms with van der Waals surface area (Å²) < 4.78 is 26.2. The first-order valence-electron chi connectivity index (χ1n) is 6.01. The Morgan fingerprint density at radius 3 is 2.56 bits per heavy atom. The molecule has 1 aromatic rings. The van der Waals surface area contributed by atoms with Gasteiger partial charge < -0.3 is 9.47 Å². The Morgan fingerprint density at radius 1 is 1.33 bits per heavy atom. The van der Waals surface area contributed by atoms with Crippen LogP contribution in [0.1, 0.15) is 34.1 Å². The van der Waals surface area contributed by atoms with Gasteiger partial charge >= 0.3 is 0 Å². The quantitative estimate of drug-likeness (QED) is 0.809. The Balaban J connectivity index is 2.21. The molecule has 100 valence electrons. The fourth-order valence-electron chi connectivity index (χ4n) is 2.42. The van der Waals surface area contributed by atoms with E-state index in [2.05, 4.69) is 15.9 Å². The first-order chi connectivity index (χ1) is 8.20. The minimum absolute atomic E-state index is 0.156. The molecule has 18 heavy (non-hydrogen) atoms. The number of halogens is 2. The Hall–Kier alpha value is -0.610. The number of hydrogen-bond acceptors (Lipinski definition) is 2. The number of ether oxygens (including phenoxy) is 2. The van der Waals surface area contributed by atoms with E-state index < -0.39 is 5.60 Å². The molecule has 1 aromatic carbocycles. The summed E-state index contributed by atoms with van der Waals surface area (Å²) in [5.74, 6) is -0.0811. The first kappa shape index (κ1) is 13.8. The second-order valence-corrected chi connectivity index (χ2v) is 6.77. The fraction of sp³-hybridized carbons (Fsp3) is 0.571. The number of benzene rings is 1. The molecule has 1 heterocycles. The van der Waals surface area contributed by atoms with Crippen LogP contribution in [-0.2, 0) is 4.74 Å². The van der Waals surface area contributed by atoms with Crippen molar-refractivity contribution in [1.82, 2.24) is 0 Å². The monoisotopic (exact) mass is 316 g/mol. The molecule has 1 unspecified atom stereocenters. The van der Waals surface area contributed by atoms with E-state index in [1.807, 2.05) is 27.7 Å². The lowest BCUT2D eigenvalue weighted by molar-refractivity contribution is -0.0849. The van der Waals surface area contributed by atoms with E-state index in [-0.39, 0.29) is 23.3 Å². The number of hydrogen-bond donors (Lipinski definition) is 0. The van der Waals surface area contributed by atoms with E-state index in [9.17, 15) is 4.39 Å². The third kappa shape index (κ3) is 2.86. The third-order valence-corrected chi connectivity index (χ3v) is 3.65. The van der Waals surface area contributed by atoms with Gasteiger partial charge in [0.1, 0.15) is 11.7 Å². The third-order valence-electron chi connectivity index (χ3n) is 3.15. The van der Waals surface area contributed by atoms with Gasteiger partial charge in [-0.2, -0.15) is 0 Å². The van der Waals surface area contributed by atoms with Gasteiger partial charge in [0.05, 0.1) is 5.60 Å². The molecule has 0 aromatic heterocycles. The van der Waals surface area contributed by atoms with Crippen LogP contribution < -0.4 is 4.74 Å². The molecule has 0 aliphatic carbocycles. The highest BCUT2D eigenvalue weighted by Gasteiger charge is 2.47. The second-order valence-electron chi connectivity index (χ2n) is 5.85. The van der Waals surface area contributed by atoms with Crippen LogP contribution in [0.25, 0.3) is 0 Å². The molecule has 0 radical (unpaired) electrons. The van der Waals surface area contributed by atoms with E-state index >= 15 is 0 Å². The summed E-state index contributed by atoms with van der Waals surface area (Å²) in [7, 11) is 0. The summed E-state index contributed by atoms with van der Waals surface area (Å²) in [6.45, 7) is 8.00. The summed E-state index contributed by atoms with van der Waals surface area (Å²) in [6, 6.07) is 4.70. The van der Waals surface area contributed by atoms with Crippen molar-refractivity contribution in [3.05, 3.63) is 28.5 Å². The first-order valence-corrected chi connectivity index (χ1v) is 6.81. The average molecular weight is 317 g/mol. The van der Waals surface area contributed by atoms with Crippen LogP contribution in [0, 0.1) is 5.82 Å². The van der Waals surface area contributed by atoms with E-state index in [1.165, 1.54) is 6.07 Å². The molecule has 1 saturated heterocycles. The largest absolute Gasteiger partial charge is 0.484 e. The molecule has 1 aliphatic heterocycles. The molecule has 1 fully saturated rings. The molecule has 0 N–H and O–H groups in total. The van der Waals surface area contributed by atoms with Gasteiger partial charge in [-0.15, -0.1) is 0 Å². The van der Waals surface area contributed by atoms with Gasteiger partial charge in [0, 0.05) is 10.9 Å². The van der Waals surface area contributed by atoms with Crippen LogP contribution in [0.2, 0.25) is 0 Å². The van der Waals surface area contributed by atoms with Crippen molar-refractivity contribution in [2.45, 2.75) is 51.4 Å². The molecule has 1 atom stereocenters. The maximum Gasteiger partial charge on any atom is 0.165 e. The maximum atomic E-state index is 13.7. The summed E-state index contributed by atoms with van der Waals surface area (Å²) in [4.78, 5) is 0. The van der Waals surface area contributed by atoms with Crippen LogP contribution in [0.5, 0.6) is 5.75 Å². The van der Waals surface area contributed by atoms with Gasteiger partial charge in [0.2, 0.25) is 0 Å². The van der Waals surface area contributed by atoms with E-state index in [0.717, 1.165) is 10.9 Å². The normalized spacial score (nSPS) is 25.1. The van der Waals surface area contributed by atoms with Gasteiger partial charge in [0.15, 0.2) is 11.6 Å². The van der Waals surface area contributed by atoms with Crippen LogP contribution >= 0.6 is 15.9 Å². The van der Waals surface area contributed by atoms with Crippen LogP contribution in [0.4, 0.5) is 4.39 Å². The molecule has 0 bridgehead atoms. The van der Waals surface area contributed by atoms with Crippen molar-refractivity contribution < 1.29 is 13.9 Å². The smallest absolute Gasteiger partial charge is 0.165 e. The van der Waals surface area contributed by atoms with E-state index in [4.69, 9.17) is 9.47 Å². The molecule has 0 amide bonds. The lowest BCUT2D eigenvalue weighted by Gasteiger charge is -2.27. The molecular weight excluding hydrogens is 299 g/mol. The second kappa shape index (κ2) is 4.49. The minimum atomic E-state index is -0.418. The highest BCUT2D eigenvalue weighted by molar-refractivity contribution is 9.10. The fourth-order valence-corrected chi connectivity index (χ4v) is 2.76. The van der Waals surface area contributed by atoms with Crippen LogP contribution in [0.15, 0.2) is 22.7 Å². The summed E-state index contributed by atoms with van der Waals surface area (Å²) in [5.41, 5.74) is -0.658. The predicted molar refractivity (Wildman–Crippen MR) is 72.4 cm³/mol. The van der Waals surface area contributed by atoms with Crippen molar-refractivity contribution in [2.24, 2.45) is 0 Å². The SMILES string of the molecule is CC1(C)CC(Oc2cc(Br)ccc2F)C(C)(C)O1. The van der Waals surface area contributed by atoms with Crippen LogP contribution in [-0.4, -0.2) is 17.3 Å². The maximum absolute atomic E-state index is 13.7. The molecule has 2 rings (SSSR count). The highest BCUT2D eigenvalue weighted by atomic mass is 79.9. The number of rotatable bonds is 2. The zero-order valence-corrected chi connectivity index (χ0v) is 12.7. The molecule has 1 aliphatic rings. The predicted octanol–water partition coefficient (Wildman–Crippen LogP) is 4.31. The van der Waals surface area contributed by atoms with Gasteiger partial charge in [-0.05, 0) is 45.9 Å². The van der Waals surface area contributed by atoms with E-state index in [0.29, 0.717) is 0 Å². The van der Waals surface area contributed by atoms with E-state index in [1.54, 1.807) is 12.1 Å². The summed E-state index contributed by atoms with van der Waals surface area (Å²) >= 11 is 3.32. The topological polar surface area (TPSA) is 18.5 Å². The Bertz CT molecular complexity index is 457. The Labute approximate surface area is 116 Å².